The Morgan fingerprint density at radius 1 is 1.38 bits per heavy atom. The number of carbonyl (C=O) groups is 2. The number of benzene rings is 1. The highest BCUT2D eigenvalue weighted by Gasteiger charge is 2.16. The monoisotopic (exact) mass is 321 g/mol. The topological polar surface area (TPSA) is 66.4 Å². The van der Waals surface area contributed by atoms with Crippen LogP contribution in [0.5, 0.6) is 0 Å². The zero-order valence-electron chi connectivity index (χ0n) is 11.1. The van der Waals surface area contributed by atoms with Gasteiger partial charge in [-0.2, -0.15) is 0 Å². The van der Waals surface area contributed by atoms with Crippen LogP contribution in [0.1, 0.15) is 20.8 Å². The van der Waals surface area contributed by atoms with Crippen molar-refractivity contribution in [3.05, 3.63) is 56.7 Å². The van der Waals surface area contributed by atoms with Crippen molar-refractivity contribution in [2.75, 3.05) is 5.32 Å². The molecule has 0 radical (unpaired) electrons. The second kappa shape index (κ2) is 6.56. The van der Waals surface area contributed by atoms with E-state index in [4.69, 9.17) is 16.7 Å². The van der Waals surface area contributed by atoms with Crippen molar-refractivity contribution >= 4 is 46.6 Å². The van der Waals surface area contributed by atoms with Crippen LogP contribution in [0.2, 0.25) is 5.02 Å². The number of aryl methyl sites for hydroxylation is 1. The quantitative estimate of drug-likeness (QED) is 0.834. The number of hydrogen-bond donors (Lipinski definition) is 2. The van der Waals surface area contributed by atoms with Crippen molar-refractivity contribution in [1.29, 1.82) is 0 Å². The molecule has 2 N–H and O–H groups in total. The Labute approximate surface area is 130 Å². The zero-order valence-corrected chi connectivity index (χ0v) is 12.7. The molecule has 1 aromatic carbocycles. The van der Waals surface area contributed by atoms with Crippen molar-refractivity contribution in [2.45, 2.75) is 6.92 Å². The minimum Gasteiger partial charge on any atom is -0.477 e. The molecule has 1 heterocycles. The summed E-state index contributed by atoms with van der Waals surface area (Å²) in [6.45, 7) is 1.75. The maximum absolute atomic E-state index is 11.9. The van der Waals surface area contributed by atoms with Gasteiger partial charge in [0.15, 0.2) is 0 Å². The summed E-state index contributed by atoms with van der Waals surface area (Å²) in [6.07, 6.45) is 2.96. The maximum atomic E-state index is 11.9. The summed E-state index contributed by atoms with van der Waals surface area (Å²) in [6, 6.07) is 7.07. The summed E-state index contributed by atoms with van der Waals surface area (Å²) in [4.78, 5) is 23.1. The summed E-state index contributed by atoms with van der Waals surface area (Å²) in [5, 5.41) is 13.9. The molecular weight excluding hydrogens is 310 g/mol. The molecule has 1 aromatic heterocycles. The fourth-order valence-corrected chi connectivity index (χ4v) is 2.75. The van der Waals surface area contributed by atoms with Crippen LogP contribution in [-0.2, 0) is 4.79 Å². The van der Waals surface area contributed by atoms with E-state index in [1.165, 1.54) is 6.08 Å². The Morgan fingerprint density at radius 2 is 2.14 bits per heavy atom. The number of hydrogen-bond acceptors (Lipinski definition) is 3. The highest BCUT2D eigenvalue weighted by atomic mass is 35.5. The number of nitrogens with one attached hydrogen (secondary N) is 1. The molecule has 0 unspecified atom stereocenters. The Bertz CT molecular complexity index is 721. The Morgan fingerprint density at radius 3 is 2.81 bits per heavy atom. The third kappa shape index (κ3) is 3.93. The number of halogens is 1. The van der Waals surface area contributed by atoms with Crippen molar-refractivity contribution in [3.63, 3.8) is 0 Å². The molecule has 0 aliphatic heterocycles. The summed E-state index contributed by atoms with van der Waals surface area (Å²) >= 11 is 6.94. The molecule has 108 valence electrons. The van der Waals surface area contributed by atoms with Gasteiger partial charge in [-0.15, -0.1) is 11.3 Å². The van der Waals surface area contributed by atoms with Crippen molar-refractivity contribution < 1.29 is 14.7 Å². The first-order valence-corrected chi connectivity index (χ1v) is 7.29. The van der Waals surface area contributed by atoms with E-state index >= 15 is 0 Å². The number of aromatic carboxylic acids is 1. The van der Waals surface area contributed by atoms with E-state index in [0.29, 0.717) is 10.7 Å². The normalized spacial score (nSPS) is 10.8. The van der Waals surface area contributed by atoms with E-state index in [9.17, 15) is 9.59 Å². The molecule has 0 bridgehead atoms. The Hall–Kier alpha value is -2.11. The van der Waals surface area contributed by atoms with Gasteiger partial charge in [-0.25, -0.2) is 4.79 Å². The first-order chi connectivity index (χ1) is 9.97. The smallest absolute Gasteiger partial charge is 0.348 e. The minimum atomic E-state index is -1.05. The Balaban J connectivity index is 2.12. The first-order valence-electron chi connectivity index (χ1n) is 6.03. The van der Waals surface area contributed by atoms with Crippen LogP contribution >= 0.6 is 22.9 Å². The number of anilines is 1. The van der Waals surface area contributed by atoms with E-state index in [1.807, 2.05) is 6.07 Å². The van der Waals surface area contributed by atoms with E-state index in [2.05, 4.69) is 5.32 Å². The molecule has 0 aliphatic rings. The van der Waals surface area contributed by atoms with Crippen LogP contribution in [0.3, 0.4) is 0 Å². The van der Waals surface area contributed by atoms with Crippen LogP contribution in [-0.4, -0.2) is 17.0 Å². The average Bonchev–Trinajstić information content (AvgIpc) is 2.78. The second-order valence-electron chi connectivity index (χ2n) is 4.31. The predicted octanol–water partition coefficient (Wildman–Crippen LogP) is 4.06. The highest BCUT2D eigenvalue weighted by molar-refractivity contribution is 7.12. The lowest BCUT2D eigenvalue weighted by molar-refractivity contribution is -0.111. The van der Waals surface area contributed by atoms with Crippen LogP contribution in [0.15, 0.2) is 35.7 Å². The fourth-order valence-electron chi connectivity index (χ4n) is 1.70. The van der Waals surface area contributed by atoms with E-state index in [-0.39, 0.29) is 10.8 Å². The standard InChI is InChI=1S/C15H12ClNO3S/c1-9-8-21-14(15(19)20)13(9)17-12(18)6-5-10-3-2-4-11(16)7-10/h2-8H,1H3,(H,17,18)(H,19,20)/b6-5+. The average molecular weight is 322 g/mol. The summed E-state index contributed by atoms with van der Waals surface area (Å²) in [7, 11) is 0. The SMILES string of the molecule is Cc1csc(C(=O)O)c1NC(=O)/C=C/c1cccc(Cl)c1. The lowest BCUT2D eigenvalue weighted by Crippen LogP contribution is -2.11. The maximum Gasteiger partial charge on any atom is 0.348 e. The first kappa shape index (κ1) is 15.3. The van der Waals surface area contributed by atoms with Gasteiger partial charge in [0.25, 0.3) is 0 Å². The van der Waals surface area contributed by atoms with Gasteiger partial charge in [0.2, 0.25) is 5.91 Å². The van der Waals surface area contributed by atoms with Gasteiger partial charge >= 0.3 is 5.97 Å². The molecule has 2 aromatic rings. The largest absolute Gasteiger partial charge is 0.477 e. The number of rotatable bonds is 4. The van der Waals surface area contributed by atoms with Gasteiger partial charge in [-0.1, -0.05) is 23.7 Å². The second-order valence-corrected chi connectivity index (χ2v) is 5.62. The summed E-state index contributed by atoms with van der Waals surface area (Å²) in [5.41, 5.74) is 1.85. The van der Waals surface area contributed by atoms with Crippen LogP contribution < -0.4 is 5.32 Å². The Kier molecular flexibility index (Phi) is 4.77. The number of thiophene rings is 1. The van der Waals surface area contributed by atoms with E-state index in [0.717, 1.165) is 22.5 Å². The number of amides is 1. The highest BCUT2D eigenvalue weighted by Crippen LogP contribution is 2.27. The summed E-state index contributed by atoms with van der Waals surface area (Å²) < 4.78 is 0. The van der Waals surface area contributed by atoms with Gasteiger partial charge in [0.05, 0.1) is 5.69 Å². The molecule has 0 atom stereocenters. The molecular formula is C15H12ClNO3S. The van der Waals surface area contributed by atoms with Gasteiger partial charge in [-0.05, 0) is 41.6 Å². The third-order valence-corrected chi connectivity index (χ3v) is 4.01. The van der Waals surface area contributed by atoms with Gasteiger partial charge < -0.3 is 10.4 Å². The lowest BCUT2D eigenvalue weighted by atomic mass is 10.2. The van der Waals surface area contributed by atoms with E-state index < -0.39 is 5.97 Å². The predicted molar refractivity (Wildman–Crippen MR) is 85.1 cm³/mol. The zero-order chi connectivity index (χ0) is 15.4. The molecule has 21 heavy (non-hydrogen) atoms. The van der Waals surface area contributed by atoms with Crippen LogP contribution in [0.4, 0.5) is 5.69 Å². The molecule has 4 nitrogen and oxygen atoms in total. The number of carbonyl (C=O) groups excluding carboxylic acids is 1. The molecule has 0 saturated carbocycles. The fraction of sp³-hybridized carbons (Fsp3) is 0.0667. The molecule has 0 fully saturated rings. The van der Waals surface area contributed by atoms with Crippen molar-refractivity contribution in [3.8, 4) is 0 Å². The van der Waals surface area contributed by atoms with Crippen molar-refractivity contribution in [2.24, 2.45) is 0 Å². The number of carboxylic acid groups (broad SMARTS) is 1. The molecule has 6 heteroatoms. The van der Waals surface area contributed by atoms with Gasteiger partial charge in [0, 0.05) is 11.1 Å². The molecule has 0 saturated heterocycles. The summed E-state index contributed by atoms with van der Waals surface area (Å²) in [5.74, 6) is -1.44. The van der Waals surface area contributed by atoms with E-state index in [1.54, 1.807) is 36.6 Å². The van der Waals surface area contributed by atoms with Gasteiger partial charge in [0.1, 0.15) is 4.88 Å². The lowest BCUT2D eigenvalue weighted by Gasteiger charge is -2.03. The minimum absolute atomic E-state index is 0.122. The molecule has 2 rings (SSSR count). The van der Waals surface area contributed by atoms with Crippen LogP contribution in [0.25, 0.3) is 6.08 Å². The van der Waals surface area contributed by atoms with Crippen molar-refractivity contribution in [1.82, 2.24) is 0 Å². The molecule has 1 amide bonds. The van der Waals surface area contributed by atoms with Gasteiger partial charge in [-0.3, -0.25) is 4.79 Å². The third-order valence-electron chi connectivity index (χ3n) is 2.69. The molecule has 0 aliphatic carbocycles. The molecule has 0 spiro atoms. The van der Waals surface area contributed by atoms with Crippen LogP contribution in [0, 0.1) is 6.92 Å². The number of carboxylic acids is 1.